The summed E-state index contributed by atoms with van der Waals surface area (Å²) in [4.78, 5) is 13.7. The number of aliphatic hydroxyl groups is 1. The second-order valence-electron chi connectivity index (χ2n) is 4.43. The lowest BCUT2D eigenvalue weighted by molar-refractivity contribution is -0.122. The monoisotopic (exact) mass is 238 g/mol. The van der Waals surface area contributed by atoms with Crippen molar-refractivity contribution in [2.45, 2.75) is 13.0 Å². The van der Waals surface area contributed by atoms with Gasteiger partial charge in [-0.25, -0.2) is 0 Å². The van der Waals surface area contributed by atoms with Gasteiger partial charge in [0.2, 0.25) is 5.91 Å². The van der Waals surface area contributed by atoms with E-state index >= 15 is 0 Å². The van der Waals surface area contributed by atoms with Gasteiger partial charge in [0.15, 0.2) is 0 Å². The van der Waals surface area contributed by atoms with E-state index in [1.165, 1.54) is 0 Å². The summed E-state index contributed by atoms with van der Waals surface area (Å²) in [5.74, 6) is 1.08. The van der Waals surface area contributed by atoms with E-state index in [4.69, 9.17) is 9.52 Å². The molecular weight excluding hydrogens is 220 g/mol. The Hall–Kier alpha value is -1.33. The minimum Gasteiger partial charge on any atom is -0.467 e. The average Bonchev–Trinajstić information content (AvgIpc) is 2.97. The maximum Gasteiger partial charge on any atom is 0.234 e. The fourth-order valence-corrected chi connectivity index (χ4v) is 2.06. The van der Waals surface area contributed by atoms with Crippen LogP contribution in [0.4, 0.5) is 0 Å². The molecule has 1 aromatic rings. The number of carbonyl (C=O) groups is 1. The summed E-state index contributed by atoms with van der Waals surface area (Å²) < 4.78 is 5.13. The molecule has 0 radical (unpaired) electrons. The first-order valence-corrected chi connectivity index (χ1v) is 5.90. The van der Waals surface area contributed by atoms with Crippen molar-refractivity contribution in [2.24, 2.45) is 5.92 Å². The Bertz CT molecular complexity index is 351. The number of nitrogens with zero attached hydrogens (tertiary/aromatic N) is 1. The molecule has 1 aliphatic rings. The molecule has 2 N–H and O–H groups in total. The van der Waals surface area contributed by atoms with Crippen LogP contribution in [0.5, 0.6) is 0 Å². The van der Waals surface area contributed by atoms with Gasteiger partial charge in [-0.1, -0.05) is 0 Å². The normalized spacial score (nSPS) is 20.6. The van der Waals surface area contributed by atoms with Crippen molar-refractivity contribution in [3.05, 3.63) is 24.2 Å². The molecule has 0 saturated carbocycles. The van der Waals surface area contributed by atoms with E-state index in [0.29, 0.717) is 19.0 Å². The summed E-state index contributed by atoms with van der Waals surface area (Å²) in [6, 6.07) is 3.63. The van der Waals surface area contributed by atoms with E-state index in [1.807, 2.05) is 6.07 Å². The Labute approximate surface area is 100 Å². The van der Waals surface area contributed by atoms with Gasteiger partial charge < -0.3 is 14.8 Å². The molecule has 94 valence electrons. The van der Waals surface area contributed by atoms with Crippen molar-refractivity contribution in [1.82, 2.24) is 10.2 Å². The lowest BCUT2D eigenvalue weighted by Crippen LogP contribution is -2.35. The topological polar surface area (TPSA) is 65.7 Å². The summed E-state index contributed by atoms with van der Waals surface area (Å²) in [6.07, 6.45) is 2.57. The quantitative estimate of drug-likeness (QED) is 0.769. The Balaban J connectivity index is 1.67. The molecule has 1 aromatic heterocycles. The van der Waals surface area contributed by atoms with Crippen molar-refractivity contribution in [3.63, 3.8) is 0 Å². The maximum absolute atomic E-state index is 11.6. The Morgan fingerprint density at radius 2 is 2.53 bits per heavy atom. The van der Waals surface area contributed by atoms with E-state index < -0.39 is 0 Å². The highest BCUT2D eigenvalue weighted by molar-refractivity contribution is 5.77. The van der Waals surface area contributed by atoms with Crippen LogP contribution < -0.4 is 5.32 Å². The van der Waals surface area contributed by atoms with Crippen molar-refractivity contribution < 1.29 is 14.3 Å². The predicted molar refractivity (Wildman–Crippen MR) is 62.2 cm³/mol. The van der Waals surface area contributed by atoms with Crippen LogP contribution in [0.15, 0.2) is 22.8 Å². The molecular formula is C12H18N2O3. The third-order valence-corrected chi connectivity index (χ3v) is 3.04. The number of likely N-dealkylation sites (tertiary alicyclic amines) is 1. The molecule has 2 rings (SSSR count). The molecule has 1 fully saturated rings. The Morgan fingerprint density at radius 3 is 3.18 bits per heavy atom. The number of furan rings is 1. The third-order valence-electron chi connectivity index (χ3n) is 3.04. The fraction of sp³-hybridized carbons (Fsp3) is 0.583. The molecule has 0 bridgehead atoms. The van der Waals surface area contributed by atoms with Gasteiger partial charge in [-0.3, -0.25) is 9.69 Å². The van der Waals surface area contributed by atoms with E-state index in [1.54, 1.807) is 12.3 Å². The fourth-order valence-electron chi connectivity index (χ4n) is 2.06. The molecule has 2 heterocycles. The third kappa shape index (κ3) is 3.57. The van der Waals surface area contributed by atoms with Gasteiger partial charge in [0.1, 0.15) is 5.76 Å². The number of amides is 1. The minimum atomic E-state index is -0.00000945. The summed E-state index contributed by atoms with van der Waals surface area (Å²) in [6.45, 7) is 2.74. The van der Waals surface area contributed by atoms with Crippen molar-refractivity contribution in [1.29, 1.82) is 0 Å². The molecule has 0 aromatic carbocycles. The molecule has 1 saturated heterocycles. The van der Waals surface area contributed by atoms with Gasteiger partial charge in [0.25, 0.3) is 0 Å². The SMILES string of the molecule is O=C(CN1CC[C@H](CO)C1)NCc1ccco1. The van der Waals surface area contributed by atoms with Gasteiger partial charge in [-0.2, -0.15) is 0 Å². The molecule has 0 spiro atoms. The smallest absolute Gasteiger partial charge is 0.234 e. The van der Waals surface area contributed by atoms with E-state index in [0.717, 1.165) is 25.3 Å². The van der Waals surface area contributed by atoms with Crippen molar-refractivity contribution in [3.8, 4) is 0 Å². The number of hydrogen-bond acceptors (Lipinski definition) is 4. The average molecular weight is 238 g/mol. The Morgan fingerprint density at radius 1 is 1.65 bits per heavy atom. The van der Waals surface area contributed by atoms with Gasteiger partial charge >= 0.3 is 0 Å². The van der Waals surface area contributed by atoms with Crippen LogP contribution in [-0.4, -0.2) is 42.2 Å². The highest BCUT2D eigenvalue weighted by atomic mass is 16.3. The van der Waals surface area contributed by atoms with Crippen LogP contribution >= 0.6 is 0 Å². The molecule has 5 heteroatoms. The van der Waals surface area contributed by atoms with Crippen LogP contribution in [0.2, 0.25) is 0 Å². The molecule has 1 atom stereocenters. The van der Waals surface area contributed by atoms with Crippen molar-refractivity contribution in [2.75, 3.05) is 26.2 Å². The second-order valence-corrected chi connectivity index (χ2v) is 4.43. The number of carbonyl (C=O) groups excluding carboxylic acids is 1. The highest BCUT2D eigenvalue weighted by Gasteiger charge is 2.23. The van der Waals surface area contributed by atoms with E-state index in [9.17, 15) is 4.79 Å². The molecule has 0 unspecified atom stereocenters. The molecule has 1 aliphatic heterocycles. The van der Waals surface area contributed by atoms with Crippen LogP contribution in [0.25, 0.3) is 0 Å². The number of nitrogens with one attached hydrogen (secondary N) is 1. The molecule has 1 amide bonds. The number of hydrogen-bond donors (Lipinski definition) is 2. The van der Waals surface area contributed by atoms with Gasteiger partial charge in [-0.15, -0.1) is 0 Å². The number of rotatable bonds is 5. The molecule has 17 heavy (non-hydrogen) atoms. The van der Waals surface area contributed by atoms with Crippen LogP contribution in [0.1, 0.15) is 12.2 Å². The summed E-state index contributed by atoms with van der Waals surface area (Å²) >= 11 is 0. The molecule has 5 nitrogen and oxygen atoms in total. The minimum absolute atomic E-state index is 0.00000945. The molecule has 0 aliphatic carbocycles. The summed E-state index contributed by atoms with van der Waals surface area (Å²) in [5.41, 5.74) is 0. The highest BCUT2D eigenvalue weighted by Crippen LogP contribution is 2.14. The zero-order valence-electron chi connectivity index (χ0n) is 9.76. The first kappa shape index (κ1) is 12.1. The van der Waals surface area contributed by atoms with Crippen molar-refractivity contribution >= 4 is 5.91 Å². The zero-order chi connectivity index (χ0) is 12.1. The summed E-state index contributed by atoms with van der Waals surface area (Å²) in [7, 11) is 0. The predicted octanol–water partition coefficient (Wildman–Crippen LogP) is 0.210. The maximum atomic E-state index is 11.6. The van der Waals surface area contributed by atoms with Crippen LogP contribution in [0.3, 0.4) is 0 Å². The summed E-state index contributed by atoms with van der Waals surface area (Å²) in [5, 5.41) is 11.8. The van der Waals surface area contributed by atoms with E-state index in [-0.39, 0.29) is 12.5 Å². The van der Waals surface area contributed by atoms with E-state index in [2.05, 4.69) is 10.2 Å². The van der Waals surface area contributed by atoms with Gasteiger partial charge in [0, 0.05) is 13.2 Å². The Kier molecular flexibility index (Phi) is 4.17. The van der Waals surface area contributed by atoms with Crippen LogP contribution in [-0.2, 0) is 11.3 Å². The standard InChI is InChI=1S/C12H18N2O3/c15-9-10-3-4-14(7-10)8-12(16)13-6-11-2-1-5-17-11/h1-2,5,10,15H,3-4,6-9H2,(H,13,16)/t10-/m0/s1. The van der Waals surface area contributed by atoms with Gasteiger partial charge in [-0.05, 0) is 31.0 Å². The lowest BCUT2D eigenvalue weighted by atomic mass is 10.1. The largest absolute Gasteiger partial charge is 0.467 e. The lowest BCUT2D eigenvalue weighted by Gasteiger charge is -2.14. The zero-order valence-corrected chi connectivity index (χ0v) is 9.76. The van der Waals surface area contributed by atoms with Gasteiger partial charge in [0.05, 0.1) is 19.4 Å². The second kappa shape index (κ2) is 5.84. The number of aliphatic hydroxyl groups excluding tert-OH is 1. The first-order valence-electron chi connectivity index (χ1n) is 5.90. The van der Waals surface area contributed by atoms with Crippen LogP contribution in [0, 0.1) is 5.92 Å². The first-order chi connectivity index (χ1) is 8.28.